The van der Waals surface area contributed by atoms with Crippen LogP contribution in [0.1, 0.15) is 21.5 Å². The average molecular weight is 463 g/mol. The number of hydrazone groups is 1. The van der Waals surface area contributed by atoms with Crippen molar-refractivity contribution in [3.63, 3.8) is 0 Å². The fourth-order valence-electron chi connectivity index (χ4n) is 2.80. The number of aryl methyl sites for hydroxylation is 1. The summed E-state index contributed by atoms with van der Waals surface area (Å²) in [6, 6.07) is 17.1. The van der Waals surface area contributed by atoms with Gasteiger partial charge in [0.25, 0.3) is 11.6 Å². The lowest BCUT2D eigenvalue weighted by Crippen LogP contribution is -2.24. The van der Waals surface area contributed by atoms with Crippen LogP contribution in [-0.2, 0) is 4.79 Å². The van der Waals surface area contributed by atoms with Crippen molar-refractivity contribution in [3.05, 3.63) is 93.5 Å². The lowest BCUT2D eigenvalue weighted by Gasteiger charge is -2.10. The second kappa shape index (κ2) is 11.2. The van der Waals surface area contributed by atoms with Gasteiger partial charge in [-0.3, -0.25) is 14.9 Å². The number of rotatable bonds is 9. The molecule has 1 amide bonds. The second-order valence-electron chi connectivity index (χ2n) is 6.95. The Morgan fingerprint density at radius 2 is 1.76 bits per heavy atom. The summed E-state index contributed by atoms with van der Waals surface area (Å²) in [4.78, 5) is 34.5. The molecule has 0 aliphatic heterocycles. The van der Waals surface area contributed by atoms with E-state index in [9.17, 15) is 19.7 Å². The van der Waals surface area contributed by atoms with Crippen LogP contribution in [0.25, 0.3) is 0 Å². The molecule has 0 saturated carbocycles. The number of benzene rings is 3. The number of carbonyl (C=O) groups is 2. The van der Waals surface area contributed by atoms with Crippen LogP contribution in [0.3, 0.4) is 0 Å². The van der Waals surface area contributed by atoms with Crippen LogP contribution in [0.15, 0.2) is 71.8 Å². The van der Waals surface area contributed by atoms with Crippen LogP contribution < -0.4 is 19.6 Å². The highest BCUT2D eigenvalue weighted by molar-refractivity contribution is 5.92. The summed E-state index contributed by atoms with van der Waals surface area (Å²) < 4.78 is 16.1. The first kappa shape index (κ1) is 23.9. The molecule has 0 fully saturated rings. The molecule has 3 rings (SSSR count). The first-order chi connectivity index (χ1) is 16.4. The summed E-state index contributed by atoms with van der Waals surface area (Å²) in [7, 11) is 1.41. The third-order valence-electron chi connectivity index (χ3n) is 4.56. The Kier molecular flexibility index (Phi) is 7.90. The molecule has 0 aromatic heterocycles. The molecule has 1 N–H and O–H groups in total. The molecular formula is C24H21N3O7. The van der Waals surface area contributed by atoms with Crippen LogP contribution in [0.2, 0.25) is 0 Å². The number of ether oxygens (including phenoxy) is 3. The standard InChI is InChI=1S/C24H21N3O7/c1-16-5-3-4-6-20(16)33-15-23(28)26-25-14-17-7-12-21(22(13-17)32-2)34-24(29)18-8-10-19(11-9-18)27(30)31/h3-14H,15H2,1-2H3,(H,26,28)/b25-14-. The highest BCUT2D eigenvalue weighted by Crippen LogP contribution is 2.28. The Morgan fingerprint density at radius 3 is 2.44 bits per heavy atom. The van der Waals surface area contributed by atoms with E-state index in [1.165, 1.54) is 43.7 Å². The minimum Gasteiger partial charge on any atom is -0.493 e. The lowest BCUT2D eigenvalue weighted by atomic mass is 10.2. The fourth-order valence-corrected chi connectivity index (χ4v) is 2.80. The number of nitrogens with zero attached hydrogens (tertiary/aromatic N) is 2. The van der Waals surface area contributed by atoms with Gasteiger partial charge in [-0.15, -0.1) is 0 Å². The minimum absolute atomic E-state index is 0.133. The molecule has 0 saturated heterocycles. The Morgan fingerprint density at radius 1 is 1.03 bits per heavy atom. The van der Waals surface area contributed by atoms with Crippen molar-refractivity contribution in [1.29, 1.82) is 0 Å². The Hall–Kier alpha value is -4.73. The van der Waals surface area contributed by atoms with Gasteiger partial charge in [-0.25, -0.2) is 10.2 Å². The van der Waals surface area contributed by atoms with Gasteiger partial charge < -0.3 is 14.2 Å². The van der Waals surface area contributed by atoms with Gasteiger partial charge in [-0.1, -0.05) is 18.2 Å². The molecule has 0 bridgehead atoms. The smallest absolute Gasteiger partial charge is 0.343 e. The number of carbonyl (C=O) groups excluding carboxylic acids is 2. The third kappa shape index (κ3) is 6.39. The molecule has 0 aliphatic rings. The average Bonchev–Trinajstić information content (AvgIpc) is 2.84. The van der Waals surface area contributed by atoms with Crippen molar-refractivity contribution >= 4 is 23.8 Å². The fraction of sp³-hybridized carbons (Fsp3) is 0.125. The minimum atomic E-state index is -0.699. The highest BCUT2D eigenvalue weighted by atomic mass is 16.6. The van der Waals surface area contributed by atoms with Gasteiger partial charge in [0.05, 0.1) is 23.8 Å². The van der Waals surface area contributed by atoms with E-state index in [2.05, 4.69) is 10.5 Å². The van der Waals surface area contributed by atoms with Gasteiger partial charge in [-0.2, -0.15) is 5.10 Å². The van der Waals surface area contributed by atoms with Gasteiger partial charge in [0.2, 0.25) is 0 Å². The van der Waals surface area contributed by atoms with Gasteiger partial charge >= 0.3 is 5.97 Å². The maximum atomic E-state index is 12.3. The van der Waals surface area contributed by atoms with Gasteiger partial charge in [-0.05, 0) is 54.4 Å². The largest absolute Gasteiger partial charge is 0.493 e. The van der Waals surface area contributed by atoms with E-state index in [1.807, 2.05) is 25.1 Å². The number of methoxy groups -OCH3 is 1. The van der Waals surface area contributed by atoms with Crippen LogP contribution in [0, 0.1) is 17.0 Å². The molecule has 34 heavy (non-hydrogen) atoms. The van der Waals surface area contributed by atoms with E-state index in [1.54, 1.807) is 18.2 Å². The van der Waals surface area contributed by atoms with E-state index in [4.69, 9.17) is 14.2 Å². The SMILES string of the molecule is COc1cc(/C=N\NC(=O)COc2ccccc2C)ccc1OC(=O)c1ccc([N+](=O)[O-])cc1. The predicted molar refractivity (Wildman–Crippen MR) is 123 cm³/mol. The van der Waals surface area contributed by atoms with E-state index in [-0.39, 0.29) is 29.4 Å². The van der Waals surface area contributed by atoms with Crippen molar-refractivity contribution in [1.82, 2.24) is 5.43 Å². The number of nitro groups is 1. The highest BCUT2D eigenvalue weighted by Gasteiger charge is 2.14. The first-order valence-corrected chi connectivity index (χ1v) is 10.0. The van der Waals surface area contributed by atoms with Crippen molar-refractivity contribution in [2.24, 2.45) is 5.10 Å². The molecule has 3 aromatic carbocycles. The first-order valence-electron chi connectivity index (χ1n) is 10.0. The van der Waals surface area contributed by atoms with Crippen molar-refractivity contribution in [2.45, 2.75) is 6.92 Å². The molecule has 10 nitrogen and oxygen atoms in total. The molecule has 0 spiro atoms. The molecular weight excluding hydrogens is 442 g/mol. The molecule has 174 valence electrons. The van der Waals surface area contributed by atoms with Gasteiger partial charge in [0, 0.05) is 12.1 Å². The molecule has 0 unspecified atom stereocenters. The lowest BCUT2D eigenvalue weighted by molar-refractivity contribution is -0.384. The topological polar surface area (TPSA) is 129 Å². The molecule has 0 radical (unpaired) electrons. The summed E-state index contributed by atoms with van der Waals surface area (Å²) >= 11 is 0. The quantitative estimate of drug-likeness (QED) is 0.169. The number of hydrogen-bond acceptors (Lipinski definition) is 8. The van der Waals surface area contributed by atoms with Crippen molar-refractivity contribution < 1.29 is 28.7 Å². The summed E-state index contributed by atoms with van der Waals surface area (Å²) in [6.45, 7) is 1.69. The van der Waals surface area contributed by atoms with Crippen LogP contribution in [0.5, 0.6) is 17.2 Å². The molecule has 0 aliphatic carbocycles. The number of nitrogens with one attached hydrogen (secondary N) is 1. The summed E-state index contributed by atoms with van der Waals surface area (Å²) in [5.41, 5.74) is 3.88. The normalized spacial score (nSPS) is 10.5. The van der Waals surface area contributed by atoms with Crippen LogP contribution in [0.4, 0.5) is 5.69 Å². The van der Waals surface area contributed by atoms with E-state index in [0.29, 0.717) is 11.3 Å². The second-order valence-corrected chi connectivity index (χ2v) is 6.95. The Balaban J connectivity index is 1.58. The molecule has 3 aromatic rings. The number of amides is 1. The number of para-hydroxylation sites is 1. The van der Waals surface area contributed by atoms with Crippen LogP contribution in [-0.4, -0.2) is 36.7 Å². The van der Waals surface area contributed by atoms with Gasteiger partial charge in [0.1, 0.15) is 5.75 Å². The molecule has 0 heterocycles. The number of esters is 1. The summed E-state index contributed by atoms with van der Waals surface area (Å²) in [5, 5.41) is 14.6. The number of nitro benzene ring substituents is 1. The molecule has 10 heteroatoms. The maximum Gasteiger partial charge on any atom is 0.343 e. The molecule has 0 atom stereocenters. The van der Waals surface area contributed by atoms with Crippen molar-refractivity contribution in [2.75, 3.05) is 13.7 Å². The van der Waals surface area contributed by atoms with E-state index in [0.717, 1.165) is 5.56 Å². The zero-order chi connectivity index (χ0) is 24.5. The predicted octanol–water partition coefficient (Wildman–Crippen LogP) is 3.66. The maximum absolute atomic E-state index is 12.3. The number of hydrogen-bond donors (Lipinski definition) is 1. The monoisotopic (exact) mass is 463 g/mol. The van der Waals surface area contributed by atoms with Crippen LogP contribution >= 0.6 is 0 Å². The van der Waals surface area contributed by atoms with Gasteiger partial charge in [0.15, 0.2) is 18.1 Å². The van der Waals surface area contributed by atoms with Crippen molar-refractivity contribution in [3.8, 4) is 17.2 Å². The zero-order valence-electron chi connectivity index (χ0n) is 18.4. The third-order valence-corrected chi connectivity index (χ3v) is 4.56. The summed E-state index contributed by atoms with van der Waals surface area (Å²) in [6.07, 6.45) is 1.40. The van der Waals surface area contributed by atoms with E-state index < -0.39 is 16.8 Å². The number of non-ortho nitro benzene ring substituents is 1. The Labute approximate surface area is 194 Å². The van der Waals surface area contributed by atoms with E-state index >= 15 is 0 Å². The Bertz CT molecular complexity index is 1220. The zero-order valence-corrected chi connectivity index (χ0v) is 18.4. The summed E-state index contributed by atoms with van der Waals surface area (Å²) in [5.74, 6) is -0.104.